The summed E-state index contributed by atoms with van der Waals surface area (Å²) in [6, 6.07) is -0.705. The smallest absolute Gasteiger partial charge is 0.306 e. The van der Waals surface area contributed by atoms with E-state index in [1.807, 2.05) is 0 Å². The van der Waals surface area contributed by atoms with Gasteiger partial charge in [0.2, 0.25) is 5.91 Å². The van der Waals surface area contributed by atoms with Crippen LogP contribution in [0.15, 0.2) is 48.6 Å². The van der Waals surface area contributed by atoms with E-state index >= 15 is 0 Å². The average Bonchev–Trinajstić information content (AvgIpc) is 3.15. The maximum Gasteiger partial charge on any atom is 0.306 e. The van der Waals surface area contributed by atoms with Crippen LogP contribution in [-0.4, -0.2) is 46.9 Å². The lowest BCUT2D eigenvalue weighted by Gasteiger charge is -2.24. The van der Waals surface area contributed by atoms with Gasteiger partial charge in [-0.15, -0.1) is 0 Å². The molecule has 0 radical (unpaired) electrons. The highest BCUT2D eigenvalue weighted by molar-refractivity contribution is 5.77. The van der Waals surface area contributed by atoms with Gasteiger partial charge in [-0.3, -0.25) is 9.59 Å². The fraction of sp³-hybridized carbons (Fsp3) is 0.787. The molecule has 0 rings (SSSR count). The van der Waals surface area contributed by atoms with E-state index in [0.717, 1.165) is 103 Å². The first-order chi connectivity index (χ1) is 26.0. The minimum absolute atomic E-state index is 0.0602. The Labute approximate surface area is 327 Å². The van der Waals surface area contributed by atoms with Crippen molar-refractivity contribution in [2.45, 2.75) is 232 Å². The Kier molecular flexibility index (Phi) is 39.3. The first kappa shape index (κ1) is 50.8. The summed E-state index contributed by atoms with van der Waals surface area (Å²) < 4.78 is 5.87. The number of carbonyl (C=O) groups is 2. The van der Waals surface area contributed by atoms with Gasteiger partial charge in [0, 0.05) is 6.42 Å². The van der Waals surface area contributed by atoms with Crippen molar-refractivity contribution >= 4 is 11.9 Å². The van der Waals surface area contributed by atoms with Crippen LogP contribution in [0, 0.1) is 0 Å². The number of aliphatic hydroxyl groups excluding tert-OH is 2. The molecule has 0 aromatic rings. The maximum absolute atomic E-state index is 13.1. The molecule has 0 aromatic carbocycles. The Morgan fingerprint density at radius 3 is 1.66 bits per heavy atom. The Morgan fingerprint density at radius 2 is 1.06 bits per heavy atom. The lowest BCUT2D eigenvalue weighted by Crippen LogP contribution is -2.46. The molecule has 3 N–H and O–H groups in total. The van der Waals surface area contributed by atoms with Crippen molar-refractivity contribution in [1.29, 1.82) is 0 Å². The van der Waals surface area contributed by atoms with Gasteiger partial charge in [-0.25, -0.2) is 0 Å². The third-order valence-corrected chi connectivity index (χ3v) is 9.87. The summed E-state index contributed by atoms with van der Waals surface area (Å²) in [4.78, 5) is 25.9. The predicted octanol–water partition coefficient (Wildman–Crippen LogP) is 12.7. The van der Waals surface area contributed by atoms with Gasteiger partial charge >= 0.3 is 5.97 Å². The molecule has 0 aliphatic heterocycles. The second kappa shape index (κ2) is 41.0. The molecule has 1 amide bonds. The molecule has 6 heteroatoms. The molecular weight excluding hydrogens is 659 g/mol. The Bertz CT molecular complexity index is 926. The molecule has 0 aliphatic rings. The molecular formula is C47H85NO5. The molecule has 0 fully saturated rings. The number of aliphatic hydroxyl groups is 2. The molecule has 308 valence electrons. The van der Waals surface area contributed by atoms with Crippen LogP contribution in [0.4, 0.5) is 0 Å². The second-order valence-electron chi connectivity index (χ2n) is 15.1. The zero-order valence-corrected chi connectivity index (χ0v) is 34.9. The van der Waals surface area contributed by atoms with Gasteiger partial charge in [0.15, 0.2) is 0 Å². The highest BCUT2D eigenvalue weighted by atomic mass is 16.5. The van der Waals surface area contributed by atoms with Crippen molar-refractivity contribution in [3.63, 3.8) is 0 Å². The van der Waals surface area contributed by atoms with Crippen molar-refractivity contribution in [2.24, 2.45) is 0 Å². The van der Waals surface area contributed by atoms with E-state index < -0.39 is 18.2 Å². The Morgan fingerprint density at radius 1 is 0.566 bits per heavy atom. The van der Waals surface area contributed by atoms with E-state index in [0.29, 0.717) is 19.3 Å². The van der Waals surface area contributed by atoms with E-state index in [1.165, 1.54) is 64.2 Å². The maximum atomic E-state index is 13.1. The molecule has 53 heavy (non-hydrogen) atoms. The number of nitrogens with one attached hydrogen (secondary N) is 1. The van der Waals surface area contributed by atoms with Gasteiger partial charge in [-0.05, 0) is 77.0 Å². The van der Waals surface area contributed by atoms with E-state index in [-0.39, 0.29) is 24.9 Å². The topological polar surface area (TPSA) is 95.9 Å². The predicted molar refractivity (Wildman–Crippen MR) is 227 cm³/mol. The fourth-order valence-electron chi connectivity index (χ4n) is 6.50. The summed E-state index contributed by atoms with van der Waals surface area (Å²) >= 11 is 0. The molecule has 0 saturated heterocycles. The third-order valence-electron chi connectivity index (χ3n) is 9.87. The lowest BCUT2D eigenvalue weighted by atomic mass is 10.0. The number of amides is 1. The highest BCUT2D eigenvalue weighted by Gasteiger charge is 2.24. The van der Waals surface area contributed by atoms with Gasteiger partial charge < -0.3 is 20.3 Å². The largest absolute Gasteiger partial charge is 0.462 e. The van der Waals surface area contributed by atoms with Gasteiger partial charge in [0.25, 0.3) is 0 Å². The monoisotopic (exact) mass is 744 g/mol. The number of hydrogen-bond acceptors (Lipinski definition) is 5. The number of hydrogen-bond donors (Lipinski definition) is 3. The summed E-state index contributed by atoms with van der Waals surface area (Å²) in [6.45, 7) is 6.26. The molecule has 3 atom stereocenters. The summed E-state index contributed by atoms with van der Waals surface area (Å²) in [7, 11) is 0. The van der Waals surface area contributed by atoms with Crippen LogP contribution in [0.5, 0.6) is 0 Å². The second-order valence-corrected chi connectivity index (χ2v) is 15.1. The minimum Gasteiger partial charge on any atom is -0.462 e. The van der Waals surface area contributed by atoms with Crippen molar-refractivity contribution in [1.82, 2.24) is 5.32 Å². The normalized spacial score (nSPS) is 13.8. The van der Waals surface area contributed by atoms with E-state index in [1.54, 1.807) is 0 Å². The molecule has 0 spiro atoms. The van der Waals surface area contributed by atoms with Crippen LogP contribution in [0.1, 0.15) is 213 Å². The summed E-state index contributed by atoms with van der Waals surface area (Å²) in [5, 5.41) is 23.5. The van der Waals surface area contributed by atoms with Crippen LogP contribution in [0.3, 0.4) is 0 Å². The van der Waals surface area contributed by atoms with Crippen molar-refractivity contribution < 1.29 is 24.5 Å². The quantitative estimate of drug-likeness (QED) is 0.0331. The molecule has 0 saturated carbocycles. The Hall–Kier alpha value is -2.18. The van der Waals surface area contributed by atoms with Crippen molar-refractivity contribution in [3.8, 4) is 0 Å². The number of ether oxygens (including phenoxy) is 1. The minimum atomic E-state index is -0.790. The van der Waals surface area contributed by atoms with Crippen LogP contribution >= 0.6 is 0 Å². The fourth-order valence-corrected chi connectivity index (χ4v) is 6.50. The molecule has 0 bridgehead atoms. The molecule has 3 unspecified atom stereocenters. The first-order valence-corrected chi connectivity index (χ1v) is 22.4. The standard InChI is InChI=1S/C47H85NO5/c1-4-7-10-13-16-19-21-22-23-24-25-26-28-31-34-37-40-47(52)53-43(38-35-32-29-18-15-12-9-6-3)41-46(51)48-44(42-49)45(50)39-36-33-30-27-20-17-14-11-8-5-2/h7,10,12,15-16,19,22-23,43-45,49-50H,4-6,8-9,11,13-14,17-18,20-21,24-42H2,1-3H3,(H,48,51)/b10-7+,15-12-,19-16+,23-22+. The number of rotatable bonds is 39. The summed E-state index contributed by atoms with van der Waals surface area (Å²) in [5.74, 6) is -0.511. The number of allylic oxidation sites excluding steroid dienone is 8. The average molecular weight is 744 g/mol. The van der Waals surface area contributed by atoms with Crippen LogP contribution in [0.25, 0.3) is 0 Å². The molecule has 6 nitrogen and oxygen atoms in total. The number of carbonyl (C=O) groups excluding carboxylic acids is 2. The zero-order chi connectivity index (χ0) is 38.9. The van der Waals surface area contributed by atoms with E-state index in [4.69, 9.17) is 4.74 Å². The van der Waals surface area contributed by atoms with Crippen molar-refractivity contribution in [3.05, 3.63) is 48.6 Å². The Balaban J connectivity index is 4.51. The molecule has 0 heterocycles. The first-order valence-electron chi connectivity index (χ1n) is 22.4. The number of unbranched alkanes of at least 4 members (excludes halogenated alkanes) is 19. The van der Waals surface area contributed by atoms with Crippen LogP contribution in [0.2, 0.25) is 0 Å². The van der Waals surface area contributed by atoms with Crippen LogP contribution < -0.4 is 5.32 Å². The van der Waals surface area contributed by atoms with Crippen molar-refractivity contribution in [2.75, 3.05) is 6.61 Å². The van der Waals surface area contributed by atoms with Gasteiger partial charge in [-0.2, -0.15) is 0 Å². The molecule has 0 aliphatic carbocycles. The number of esters is 1. The SMILES string of the molecule is CC/C=C/C/C=C/C/C=C/CCCCCCCCC(=O)OC(CCCCC/C=C\CCC)CC(=O)NC(CO)C(O)CCCCCCCCCCCC. The van der Waals surface area contributed by atoms with Gasteiger partial charge in [0.1, 0.15) is 6.10 Å². The van der Waals surface area contributed by atoms with Gasteiger partial charge in [0.05, 0.1) is 25.2 Å². The third kappa shape index (κ3) is 36.6. The summed E-state index contributed by atoms with van der Waals surface area (Å²) in [6.07, 6.45) is 47.5. The van der Waals surface area contributed by atoms with E-state index in [2.05, 4.69) is 74.7 Å². The van der Waals surface area contributed by atoms with Gasteiger partial charge in [-0.1, -0.05) is 172 Å². The van der Waals surface area contributed by atoms with E-state index in [9.17, 15) is 19.8 Å². The highest BCUT2D eigenvalue weighted by Crippen LogP contribution is 2.17. The summed E-state index contributed by atoms with van der Waals surface area (Å²) in [5.41, 5.74) is 0. The lowest BCUT2D eigenvalue weighted by molar-refractivity contribution is -0.151. The van der Waals surface area contributed by atoms with Crippen LogP contribution in [-0.2, 0) is 14.3 Å². The molecule has 0 aromatic heterocycles. The zero-order valence-electron chi connectivity index (χ0n) is 34.9.